The maximum atomic E-state index is 5.47. The zero-order chi connectivity index (χ0) is 16.1. The Bertz CT molecular complexity index is 608. The van der Waals surface area contributed by atoms with Crippen LogP contribution in [0.5, 0.6) is 0 Å². The molecule has 0 bridgehead atoms. The van der Waals surface area contributed by atoms with Gasteiger partial charge < -0.3 is 14.6 Å². The van der Waals surface area contributed by atoms with E-state index in [1.54, 1.807) is 0 Å². The van der Waals surface area contributed by atoms with Gasteiger partial charge in [-0.15, -0.1) is 0 Å². The molecule has 0 aliphatic carbocycles. The van der Waals surface area contributed by atoms with Crippen LogP contribution < -0.4 is 5.32 Å². The van der Waals surface area contributed by atoms with E-state index >= 15 is 0 Å². The van der Waals surface area contributed by atoms with Crippen molar-refractivity contribution in [1.29, 1.82) is 0 Å². The third kappa shape index (κ3) is 3.85. The fourth-order valence-electron chi connectivity index (χ4n) is 2.41. The topological polar surface area (TPSA) is 60.2 Å². The molecular formula is C17H25N3O2. The number of nitrogens with zero attached hydrogens (tertiary/aromatic N) is 2. The van der Waals surface area contributed by atoms with Crippen LogP contribution in [0.4, 0.5) is 5.69 Å². The van der Waals surface area contributed by atoms with Gasteiger partial charge in [-0.05, 0) is 37.8 Å². The minimum absolute atomic E-state index is 0.146. The molecule has 0 saturated heterocycles. The van der Waals surface area contributed by atoms with E-state index in [0.717, 1.165) is 5.69 Å². The van der Waals surface area contributed by atoms with E-state index in [-0.39, 0.29) is 6.10 Å². The highest BCUT2D eigenvalue weighted by Crippen LogP contribution is 2.27. The van der Waals surface area contributed by atoms with E-state index in [0.29, 0.717) is 30.8 Å². The molecule has 1 N–H and O–H groups in total. The molecule has 2 rings (SSSR count). The molecule has 0 aliphatic heterocycles. The van der Waals surface area contributed by atoms with Crippen molar-refractivity contribution in [2.24, 2.45) is 0 Å². The average Bonchev–Trinajstić information content (AvgIpc) is 2.95. The van der Waals surface area contributed by atoms with Gasteiger partial charge in [-0.25, -0.2) is 0 Å². The number of para-hydroxylation sites is 1. The number of hydrogen-bond acceptors (Lipinski definition) is 5. The zero-order valence-corrected chi connectivity index (χ0v) is 14.0. The van der Waals surface area contributed by atoms with Crippen LogP contribution in [0.25, 0.3) is 0 Å². The molecule has 0 unspecified atom stereocenters. The van der Waals surface area contributed by atoms with Crippen LogP contribution in [0, 0.1) is 6.92 Å². The van der Waals surface area contributed by atoms with Crippen LogP contribution in [0.2, 0.25) is 0 Å². The molecule has 1 atom stereocenters. The van der Waals surface area contributed by atoms with Gasteiger partial charge >= 0.3 is 0 Å². The number of ether oxygens (including phenoxy) is 1. The smallest absolute Gasteiger partial charge is 0.246 e. The van der Waals surface area contributed by atoms with E-state index in [1.807, 2.05) is 13.8 Å². The first-order chi connectivity index (χ1) is 10.5. The van der Waals surface area contributed by atoms with Crippen molar-refractivity contribution in [2.45, 2.75) is 53.2 Å². The molecule has 0 amide bonds. The van der Waals surface area contributed by atoms with Crippen molar-refractivity contribution in [1.82, 2.24) is 10.1 Å². The van der Waals surface area contributed by atoms with E-state index in [2.05, 4.69) is 54.4 Å². The third-order valence-electron chi connectivity index (χ3n) is 3.61. The molecule has 5 heteroatoms. The zero-order valence-electron chi connectivity index (χ0n) is 14.0. The first-order valence-corrected chi connectivity index (χ1v) is 7.80. The fraction of sp³-hybridized carbons (Fsp3) is 0.529. The van der Waals surface area contributed by atoms with Crippen LogP contribution >= 0.6 is 0 Å². The largest absolute Gasteiger partial charge is 0.376 e. The summed E-state index contributed by atoms with van der Waals surface area (Å²) in [5.74, 6) is 1.62. The monoisotopic (exact) mass is 303 g/mol. The van der Waals surface area contributed by atoms with Gasteiger partial charge in [-0.1, -0.05) is 37.2 Å². The van der Waals surface area contributed by atoms with E-state index in [9.17, 15) is 0 Å². The molecule has 22 heavy (non-hydrogen) atoms. The van der Waals surface area contributed by atoms with Gasteiger partial charge in [0.2, 0.25) is 5.89 Å². The Morgan fingerprint density at radius 2 is 2.05 bits per heavy atom. The lowest BCUT2D eigenvalue weighted by molar-refractivity contribution is 0.0683. The molecule has 120 valence electrons. The first-order valence-electron chi connectivity index (χ1n) is 7.80. The first kappa shape index (κ1) is 16.5. The number of anilines is 1. The minimum Gasteiger partial charge on any atom is -0.376 e. The SMILES string of the molecule is CCO[C@@H](C)c1noc(CNc2c(C)cccc2C(C)C)n1. The molecule has 1 aromatic heterocycles. The maximum absolute atomic E-state index is 5.47. The van der Waals surface area contributed by atoms with E-state index < -0.39 is 0 Å². The highest BCUT2D eigenvalue weighted by atomic mass is 16.5. The van der Waals surface area contributed by atoms with Gasteiger partial charge in [0.05, 0.1) is 6.54 Å². The van der Waals surface area contributed by atoms with E-state index in [1.165, 1.54) is 11.1 Å². The summed E-state index contributed by atoms with van der Waals surface area (Å²) in [5.41, 5.74) is 3.66. The van der Waals surface area contributed by atoms with Gasteiger partial charge in [0.1, 0.15) is 6.10 Å². The predicted molar refractivity (Wildman–Crippen MR) is 86.9 cm³/mol. The number of aromatic nitrogens is 2. The quantitative estimate of drug-likeness (QED) is 0.830. The summed E-state index contributed by atoms with van der Waals surface area (Å²) in [5, 5.41) is 7.40. The van der Waals surface area contributed by atoms with Crippen LogP contribution in [0.15, 0.2) is 22.7 Å². The number of benzene rings is 1. The predicted octanol–water partition coefficient (Wildman–Crippen LogP) is 4.21. The summed E-state index contributed by atoms with van der Waals surface area (Å²) in [6, 6.07) is 6.34. The van der Waals surface area contributed by atoms with Crippen molar-refractivity contribution >= 4 is 5.69 Å². The Hall–Kier alpha value is -1.88. The van der Waals surface area contributed by atoms with Crippen molar-refractivity contribution in [3.05, 3.63) is 41.0 Å². The molecule has 0 saturated carbocycles. The second-order valence-corrected chi connectivity index (χ2v) is 5.69. The van der Waals surface area contributed by atoms with Gasteiger partial charge in [-0.3, -0.25) is 0 Å². The Morgan fingerprint density at radius 1 is 1.27 bits per heavy atom. The summed E-state index contributed by atoms with van der Waals surface area (Å²) < 4.78 is 10.8. The standard InChI is InChI=1S/C17H25N3O2/c1-6-21-13(5)17-19-15(22-20-17)10-18-16-12(4)8-7-9-14(16)11(2)3/h7-9,11,13,18H,6,10H2,1-5H3/t13-/m0/s1. The number of rotatable bonds is 7. The maximum Gasteiger partial charge on any atom is 0.246 e. The van der Waals surface area contributed by atoms with Crippen LogP contribution in [-0.2, 0) is 11.3 Å². The van der Waals surface area contributed by atoms with Crippen LogP contribution in [-0.4, -0.2) is 16.7 Å². The molecule has 1 aromatic carbocycles. The Labute approximate surface area is 132 Å². The van der Waals surface area contributed by atoms with Crippen LogP contribution in [0.1, 0.15) is 62.6 Å². The molecule has 5 nitrogen and oxygen atoms in total. The van der Waals surface area contributed by atoms with Crippen molar-refractivity contribution < 1.29 is 9.26 Å². The van der Waals surface area contributed by atoms with Crippen LogP contribution in [0.3, 0.4) is 0 Å². The summed E-state index contributed by atoms with van der Waals surface area (Å²) in [7, 11) is 0. The summed E-state index contributed by atoms with van der Waals surface area (Å²) in [6.45, 7) is 11.5. The van der Waals surface area contributed by atoms with Crippen molar-refractivity contribution in [2.75, 3.05) is 11.9 Å². The number of aryl methyl sites for hydroxylation is 1. The Balaban J connectivity index is 2.08. The van der Waals surface area contributed by atoms with Gasteiger partial charge in [0.15, 0.2) is 5.82 Å². The summed E-state index contributed by atoms with van der Waals surface area (Å²) in [4.78, 5) is 4.38. The number of hydrogen-bond donors (Lipinski definition) is 1. The number of nitrogens with one attached hydrogen (secondary N) is 1. The molecule has 0 aliphatic rings. The van der Waals surface area contributed by atoms with E-state index in [4.69, 9.17) is 9.26 Å². The lowest BCUT2D eigenvalue weighted by Gasteiger charge is -2.16. The van der Waals surface area contributed by atoms with Gasteiger partial charge in [-0.2, -0.15) is 4.98 Å². The molecular weight excluding hydrogens is 278 g/mol. The minimum atomic E-state index is -0.146. The lowest BCUT2D eigenvalue weighted by atomic mass is 9.98. The van der Waals surface area contributed by atoms with Gasteiger partial charge in [0.25, 0.3) is 0 Å². The lowest BCUT2D eigenvalue weighted by Crippen LogP contribution is -2.06. The Kier molecular flexibility index (Phi) is 5.55. The normalized spacial score (nSPS) is 12.6. The average molecular weight is 303 g/mol. The Morgan fingerprint density at radius 3 is 2.73 bits per heavy atom. The second kappa shape index (κ2) is 7.40. The summed E-state index contributed by atoms with van der Waals surface area (Å²) >= 11 is 0. The highest BCUT2D eigenvalue weighted by Gasteiger charge is 2.14. The summed E-state index contributed by atoms with van der Waals surface area (Å²) in [6.07, 6.45) is -0.146. The van der Waals surface area contributed by atoms with Crippen molar-refractivity contribution in [3.63, 3.8) is 0 Å². The highest BCUT2D eigenvalue weighted by molar-refractivity contribution is 5.58. The molecule has 1 heterocycles. The van der Waals surface area contributed by atoms with Gasteiger partial charge in [0, 0.05) is 12.3 Å². The second-order valence-electron chi connectivity index (χ2n) is 5.69. The molecule has 0 fully saturated rings. The van der Waals surface area contributed by atoms with Crippen molar-refractivity contribution in [3.8, 4) is 0 Å². The molecule has 0 spiro atoms. The third-order valence-corrected chi connectivity index (χ3v) is 3.61. The molecule has 2 aromatic rings. The fourth-order valence-corrected chi connectivity index (χ4v) is 2.41. The molecule has 0 radical (unpaired) electrons.